The first-order valence-corrected chi connectivity index (χ1v) is 8.47. The lowest BCUT2D eigenvalue weighted by Gasteiger charge is -2.32. The molecule has 0 amide bonds. The first-order chi connectivity index (χ1) is 11.2. The van der Waals surface area contributed by atoms with Crippen LogP contribution in [0.2, 0.25) is 0 Å². The van der Waals surface area contributed by atoms with Crippen molar-refractivity contribution in [1.29, 1.82) is 0 Å². The Bertz CT molecular complexity index is 616. The van der Waals surface area contributed by atoms with Crippen molar-refractivity contribution < 1.29 is 4.39 Å². The number of rotatable bonds is 5. The van der Waals surface area contributed by atoms with Gasteiger partial charge in [-0.15, -0.1) is 0 Å². The van der Waals surface area contributed by atoms with Crippen molar-refractivity contribution in [3.05, 3.63) is 59.9 Å². The molecule has 0 radical (unpaired) electrons. The van der Waals surface area contributed by atoms with Crippen LogP contribution in [0.4, 0.5) is 4.39 Å². The molecule has 1 heterocycles. The van der Waals surface area contributed by atoms with Gasteiger partial charge in [-0.05, 0) is 55.3 Å². The van der Waals surface area contributed by atoms with Gasteiger partial charge in [-0.2, -0.15) is 0 Å². The van der Waals surface area contributed by atoms with Crippen molar-refractivity contribution in [3.8, 4) is 11.1 Å². The largest absolute Gasteiger partial charge is 0.304 e. The lowest BCUT2D eigenvalue weighted by Crippen LogP contribution is -2.44. The molecule has 1 aliphatic rings. The maximum absolute atomic E-state index is 13.1. The Morgan fingerprint density at radius 3 is 2.35 bits per heavy atom. The Morgan fingerprint density at radius 2 is 1.61 bits per heavy atom. The molecule has 23 heavy (non-hydrogen) atoms. The molecule has 3 heteroatoms. The predicted molar refractivity (Wildman–Crippen MR) is 94.1 cm³/mol. The van der Waals surface area contributed by atoms with Crippen molar-refractivity contribution in [2.45, 2.75) is 12.8 Å². The first-order valence-electron chi connectivity index (χ1n) is 8.47. The highest BCUT2D eigenvalue weighted by molar-refractivity contribution is 5.67. The molecule has 3 rings (SSSR count). The molecule has 0 aromatic heterocycles. The fourth-order valence-corrected chi connectivity index (χ4v) is 3.21. The first kappa shape index (κ1) is 16.2. The molecule has 2 aromatic rings. The van der Waals surface area contributed by atoms with Crippen molar-refractivity contribution in [2.24, 2.45) is 0 Å². The van der Waals surface area contributed by atoms with Crippen LogP contribution in [-0.4, -0.2) is 49.6 Å². The molecule has 2 aromatic carbocycles. The monoisotopic (exact) mass is 312 g/mol. The second-order valence-corrected chi connectivity index (χ2v) is 6.41. The number of hydrogen-bond acceptors (Lipinski definition) is 2. The third-order valence-corrected chi connectivity index (χ3v) is 4.69. The SMILES string of the molecule is CN1CCN(CCCc2ccccc2-c2ccc(F)cc2)CC1. The number of nitrogens with zero attached hydrogens (tertiary/aromatic N) is 2. The quantitative estimate of drug-likeness (QED) is 0.831. The van der Waals surface area contributed by atoms with Crippen molar-refractivity contribution >= 4 is 0 Å². The van der Waals surface area contributed by atoms with Crippen molar-refractivity contribution in [3.63, 3.8) is 0 Å². The summed E-state index contributed by atoms with van der Waals surface area (Å²) < 4.78 is 13.1. The fourth-order valence-electron chi connectivity index (χ4n) is 3.21. The minimum Gasteiger partial charge on any atom is -0.304 e. The molecule has 1 fully saturated rings. The van der Waals surface area contributed by atoms with Gasteiger partial charge < -0.3 is 9.80 Å². The standard InChI is InChI=1S/C20H25FN2/c1-22-13-15-23(16-14-22)12-4-6-17-5-2-3-7-20(17)18-8-10-19(21)11-9-18/h2-3,5,7-11H,4,6,12-16H2,1H3. The van der Waals surface area contributed by atoms with E-state index >= 15 is 0 Å². The van der Waals surface area contributed by atoms with Gasteiger partial charge in [0.1, 0.15) is 5.82 Å². The summed E-state index contributed by atoms with van der Waals surface area (Å²) in [6, 6.07) is 15.3. The van der Waals surface area contributed by atoms with Gasteiger partial charge >= 0.3 is 0 Å². The van der Waals surface area contributed by atoms with Gasteiger partial charge in [-0.1, -0.05) is 36.4 Å². The van der Waals surface area contributed by atoms with Crippen molar-refractivity contribution in [1.82, 2.24) is 9.80 Å². The summed E-state index contributed by atoms with van der Waals surface area (Å²) in [5.74, 6) is -0.179. The van der Waals surface area contributed by atoms with E-state index in [1.54, 1.807) is 0 Å². The molecule has 0 spiro atoms. The zero-order chi connectivity index (χ0) is 16.1. The summed E-state index contributed by atoms with van der Waals surface area (Å²) in [5.41, 5.74) is 3.68. The van der Waals surface area contributed by atoms with Crippen LogP contribution in [0.5, 0.6) is 0 Å². The lowest BCUT2D eigenvalue weighted by atomic mass is 9.96. The highest BCUT2D eigenvalue weighted by Crippen LogP contribution is 2.25. The van der Waals surface area contributed by atoms with Crippen LogP contribution in [0.3, 0.4) is 0 Å². The summed E-state index contributed by atoms with van der Waals surface area (Å²) in [5, 5.41) is 0. The summed E-state index contributed by atoms with van der Waals surface area (Å²) in [6.07, 6.45) is 2.24. The highest BCUT2D eigenvalue weighted by Gasteiger charge is 2.13. The summed E-state index contributed by atoms with van der Waals surface area (Å²) >= 11 is 0. The topological polar surface area (TPSA) is 6.48 Å². The zero-order valence-electron chi connectivity index (χ0n) is 13.8. The molecule has 0 saturated carbocycles. The fraction of sp³-hybridized carbons (Fsp3) is 0.400. The number of hydrogen-bond donors (Lipinski definition) is 0. The third-order valence-electron chi connectivity index (χ3n) is 4.69. The lowest BCUT2D eigenvalue weighted by molar-refractivity contribution is 0.153. The van der Waals surface area contributed by atoms with Gasteiger partial charge in [0.2, 0.25) is 0 Å². The summed E-state index contributed by atoms with van der Waals surface area (Å²) in [7, 11) is 2.19. The third kappa shape index (κ3) is 4.40. The minimum absolute atomic E-state index is 0.179. The molecule has 1 saturated heterocycles. The van der Waals surface area contributed by atoms with Crippen LogP contribution in [-0.2, 0) is 6.42 Å². The average Bonchev–Trinajstić information content (AvgIpc) is 2.58. The van der Waals surface area contributed by atoms with Gasteiger partial charge in [0, 0.05) is 26.2 Å². The van der Waals surface area contributed by atoms with Gasteiger partial charge in [-0.25, -0.2) is 4.39 Å². The molecule has 2 nitrogen and oxygen atoms in total. The normalized spacial score (nSPS) is 16.6. The van der Waals surface area contributed by atoms with Crippen LogP contribution in [0.25, 0.3) is 11.1 Å². The second-order valence-electron chi connectivity index (χ2n) is 6.41. The molecule has 0 unspecified atom stereocenters. The van der Waals surface area contributed by atoms with E-state index in [4.69, 9.17) is 0 Å². The molecule has 0 bridgehead atoms. The predicted octanol–water partition coefficient (Wildman–Crippen LogP) is 3.67. The molecular formula is C20H25FN2. The van der Waals surface area contributed by atoms with E-state index in [1.165, 1.54) is 55.9 Å². The Labute approximate surface area is 138 Å². The molecule has 0 N–H and O–H groups in total. The Morgan fingerprint density at radius 1 is 0.913 bits per heavy atom. The Hall–Kier alpha value is -1.71. The van der Waals surface area contributed by atoms with Crippen molar-refractivity contribution in [2.75, 3.05) is 39.8 Å². The number of halogens is 1. The van der Waals surface area contributed by atoms with E-state index in [0.29, 0.717) is 0 Å². The van der Waals surface area contributed by atoms with Crippen LogP contribution < -0.4 is 0 Å². The van der Waals surface area contributed by atoms with E-state index in [9.17, 15) is 4.39 Å². The van der Waals surface area contributed by atoms with Crippen LogP contribution in [0.1, 0.15) is 12.0 Å². The molecule has 0 aliphatic carbocycles. The van der Waals surface area contributed by atoms with E-state index < -0.39 is 0 Å². The second kappa shape index (κ2) is 7.71. The number of aryl methyl sites for hydroxylation is 1. The minimum atomic E-state index is -0.179. The van der Waals surface area contributed by atoms with Gasteiger partial charge in [0.05, 0.1) is 0 Å². The highest BCUT2D eigenvalue weighted by atomic mass is 19.1. The van der Waals surface area contributed by atoms with E-state index in [1.807, 2.05) is 12.1 Å². The molecule has 1 aliphatic heterocycles. The average molecular weight is 312 g/mol. The van der Waals surface area contributed by atoms with E-state index in [2.05, 4.69) is 41.1 Å². The zero-order valence-corrected chi connectivity index (χ0v) is 13.8. The smallest absolute Gasteiger partial charge is 0.123 e. The maximum Gasteiger partial charge on any atom is 0.123 e. The van der Waals surface area contributed by atoms with Crippen LogP contribution >= 0.6 is 0 Å². The van der Waals surface area contributed by atoms with Gasteiger partial charge in [0.15, 0.2) is 0 Å². The van der Waals surface area contributed by atoms with Gasteiger partial charge in [0.25, 0.3) is 0 Å². The van der Waals surface area contributed by atoms with E-state index in [-0.39, 0.29) is 5.82 Å². The Balaban J connectivity index is 1.61. The van der Waals surface area contributed by atoms with Crippen LogP contribution in [0, 0.1) is 5.82 Å². The number of piperazine rings is 1. The maximum atomic E-state index is 13.1. The molecular weight excluding hydrogens is 287 g/mol. The van der Waals surface area contributed by atoms with Crippen LogP contribution in [0.15, 0.2) is 48.5 Å². The molecule has 122 valence electrons. The number of likely N-dealkylation sites (N-methyl/N-ethyl adjacent to an activating group) is 1. The summed E-state index contributed by atoms with van der Waals surface area (Å²) in [4.78, 5) is 4.95. The molecule has 0 atom stereocenters. The number of benzene rings is 2. The van der Waals surface area contributed by atoms with Gasteiger partial charge in [-0.3, -0.25) is 0 Å². The Kier molecular flexibility index (Phi) is 5.42. The summed E-state index contributed by atoms with van der Waals surface area (Å²) in [6.45, 7) is 5.86. The van der Waals surface area contributed by atoms with E-state index in [0.717, 1.165) is 18.5 Å².